The summed E-state index contributed by atoms with van der Waals surface area (Å²) >= 11 is 0. The van der Waals surface area contributed by atoms with Gasteiger partial charge < -0.3 is 4.74 Å². The van der Waals surface area contributed by atoms with E-state index in [4.69, 9.17) is 4.74 Å². The molecule has 1 aromatic heterocycles. The number of carbonyl (C=O) groups is 1. The average Bonchev–Trinajstić information content (AvgIpc) is 2.19. The van der Waals surface area contributed by atoms with Gasteiger partial charge in [-0.15, -0.1) is 0 Å². The number of rotatable bonds is 5. The van der Waals surface area contributed by atoms with Crippen LogP contribution in [0.2, 0.25) is 0 Å². The van der Waals surface area contributed by atoms with Gasteiger partial charge in [-0.2, -0.15) is 0 Å². The molecule has 3 heteroatoms. The quantitative estimate of drug-likeness (QED) is 0.739. The molecule has 3 nitrogen and oxygen atoms in total. The van der Waals surface area contributed by atoms with Crippen LogP contribution in [-0.4, -0.2) is 24.0 Å². The molecule has 0 spiro atoms. The number of carbonyl (C=O) groups excluding carboxylic acids is 1. The highest BCUT2D eigenvalue weighted by atomic mass is 16.5. The van der Waals surface area contributed by atoms with E-state index in [9.17, 15) is 4.79 Å². The Kier molecular flexibility index (Phi) is 4.43. The Bertz CT molecular complexity index is 309. The van der Waals surface area contributed by atoms with Gasteiger partial charge in [0.1, 0.15) is 6.10 Å². The van der Waals surface area contributed by atoms with Crippen LogP contribution >= 0.6 is 0 Å². The van der Waals surface area contributed by atoms with Gasteiger partial charge >= 0.3 is 0 Å². The van der Waals surface area contributed by atoms with E-state index in [1.54, 1.807) is 19.5 Å². The fraction of sp³-hybridized carbons (Fsp3) is 0.500. The van der Waals surface area contributed by atoms with Crippen LogP contribution in [0.1, 0.15) is 19.4 Å². The van der Waals surface area contributed by atoms with Crippen molar-refractivity contribution in [3.63, 3.8) is 0 Å². The summed E-state index contributed by atoms with van der Waals surface area (Å²) < 4.78 is 5.18. The summed E-state index contributed by atoms with van der Waals surface area (Å²) in [4.78, 5) is 15.7. The van der Waals surface area contributed by atoms with Crippen molar-refractivity contribution in [3.05, 3.63) is 30.1 Å². The van der Waals surface area contributed by atoms with Crippen LogP contribution in [-0.2, 0) is 16.0 Å². The van der Waals surface area contributed by atoms with E-state index in [0.717, 1.165) is 5.56 Å². The highest BCUT2D eigenvalue weighted by molar-refractivity contribution is 5.85. The van der Waals surface area contributed by atoms with Crippen molar-refractivity contribution in [1.82, 2.24) is 4.98 Å². The molecule has 1 atom stereocenters. The molecule has 0 bridgehead atoms. The lowest BCUT2D eigenvalue weighted by atomic mass is 9.98. The Balaban J connectivity index is 2.62. The second-order valence-corrected chi connectivity index (χ2v) is 3.90. The van der Waals surface area contributed by atoms with E-state index < -0.39 is 0 Å². The molecule has 1 aromatic rings. The molecular formula is C12H17NO2. The van der Waals surface area contributed by atoms with Crippen molar-refractivity contribution in [2.24, 2.45) is 5.92 Å². The summed E-state index contributed by atoms with van der Waals surface area (Å²) in [7, 11) is 1.58. The topological polar surface area (TPSA) is 39.2 Å². The maximum atomic E-state index is 11.8. The fourth-order valence-corrected chi connectivity index (χ4v) is 1.58. The molecule has 0 aliphatic carbocycles. The second kappa shape index (κ2) is 5.61. The summed E-state index contributed by atoms with van der Waals surface area (Å²) in [5, 5.41) is 0. The molecule has 0 aromatic carbocycles. The standard InChI is InChI=1S/C12H17NO2/c1-9(2)12(15-3)11(14)8-10-4-6-13-7-5-10/h4-7,9,12H,8H2,1-3H3. The molecule has 0 amide bonds. The maximum absolute atomic E-state index is 11.8. The van der Waals surface area contributed by atoms with Gasteiger partial charge in [-0.05, 0) is 23.6 Å². The summed E-state index contributed by atoms with van der Waals surface area (Å²) in [6, 6.07) is 3.70. The molecule has 0 fully saturated rings. The van der Waals surface area contributed by atoms with Gasteiger partial charge in [0.15, 0.2) is 5.78 Å². The maximum Gasteiger partial charge on any atom is 0.166 e. The van der Waals surface area contributed by atoms with Crippen LogP contribution in [0.5, 0.6) is 0 Å². The zero-order chi connectivity index (χ0) is 11.3. The van der Waals surface area contributed by atoms with Gasteiger partial charge in [0.05, 0.1) is 0 Å². The normalized spacial score (nSPS) is 12.8. The first-order chi connectivity index (χ1) is 7.15. The lowest BCUT2D eigenvalue weighted by Gasteiger charge is -2.17. The minimum atomic E-state index is -0.307. The third-order valence-corrected chi connectivity index (χ3v) is 2.30. The number of ether oxygens (including phenoxy) is 1. The molecule has 1 unspecified atom stereocenters. The largest absolute Gasteiger partial charge is 0.373 e. The number of aromatic nitrogens is 1. The highest BCUT2D eigenvalue weighted by Crippen LogP contribution is 2.10. The lowest BCUT2D eigenvalue weighted by molar-refractivity contribution is -0.130. The highest BCUT2D eigenvalue weighted by Gasteiger charge is 2.21. The summed E-state index contributed by atoms with van der Waals surface area (Å²) in [5.74, 6) is 0.336. The van der Waals surface area contributed by atoms with Crippen molar-refractivity contribution in [3.8, 4) is 0 Å². The molecule has 1 heterocycles. The second-order valence-electron chi connectivity index (χ2n) is 3.90. The summed E-state index contributed by atoms with van der Waals surface area (Å²) in [6.45, 7) is 3.97. The zero-order valence-corrected chi connectivity index (χ0v) is 9.43. The first kappa shape index (κ1) is 11.9. The lowest BCUT2D eigenvalue weighted by Crippen LogP contribution is -2.29. The van der Waals surface area contributed by atoms with E-state index in [1.165, 1.54) is 0 Å². The number of hydrogen-bond donors (Lipinski definition) is 0. The Morgan fingerprint density at radius 3 is 2.47 bits per heavy atom. The Labute approximate surface area is 90.5 Å². The monoisotopic (exact) mass is 207 g/mol. The zero-order valence-electron chi connectivity index (χ0n) is 9.43. The van der Waals surface area contributed by atoms with Gasteiger partial charge in [0.25, 0.3) is 0 Å². The SMILES string of the molecule is COC(C(=O)Cc1ccncc1)C(C)C. The molecule has 0 saturated heterocycles. The Hall–Kier alpha value is -1.22. The van der Waals surface area contributed by atoms with Crippen molar-refractivity contribution in [2.75, 3.05) is 7.11 Å². The molecule has 0 radical (unpaired) electrons. The Morgan fingerprint density at radius 2 is 2.00 bits per heavy atom. The molecular weight excluding hydrogens is 190 g/mol. The minimum absolute atomic E-state index is 0.124. The van der Waals surface area contributed by atoms with E-state index in [0.29, 0.717) is 6.42 Å². The summed E-state index contributed by atoms with van der Waals surface area (Å²) in [5.41, 5.74) is 0.984. The number of hydrogen-bond acceptors (Lipinski definition) is 3. The third-order valence-electron chi connectivity index (χ3n) is 2.30. The van der Waals surface area contributed by atoms with Crippen LogP contribution in [0.3, 0.4) is 0 Å². The molecule has 82 valence electrons. The van der Waals surface area contributed by atoms with Gasteiger partial charge in [-0.25, -0.2) is 0 Å². The first-order valence-electron chi connectivity index (χ1n) is 5.09. The van der Waals surface area contributed by atoms with Crippen LogP contribution in [0.4, 0.5) is 0 Å². The predicted molar refractivity (Wildman–Crippen MR) is 58.6 cm³/mol. The summed E-state index contributed by atoms with van der Waals surface area (Å²) in [6.07, 6.45) is 3.50. The predicted octanol–water partition coefficient (Wildman–Crippen LogP) is 1.86. The molecule has 0 aliphatic rings. The Morgan fingerprint density at radius 1 is 1.40 bits per heavy atom. The molecule has 0 saturated carbocycles. The van der Waals surface area contributed by atoms with Gasteiger partial charge in [0.2, 0.25) is 0 Å². The van der Waals surface area contributed by atoms with E-state index in [-0.39, 0.29) is 17.8 Å². The number of methoxy groups -OCH3 is 1. The number of nitrogens with zero attached hydrogens (tertiary/aromatic N) is 1. The molecule has 0 N–H and O–H groups in total. The fourth-order valence-electron chi connectivity index (χ4n) is 1.58. The number of Topliss-reactive ketones (excluding diaryl/α,β-unsaturated/α-hetero) is 1. The van der Waals surface area contributed by atoms with Gasteiger partial charge in [-0.3, -0.25) is 9.78 Å². The minimum Gasteiger partial charge on any atom is -0.373 e. The molecule has 1 rings (SSSR count). The van der Waals surface area contributed by atoms with Crippen molar-refractivity contribution >= 4 is 5.78 Å². The van der Waals surface area contributed by atoms with E-state index >= 15 is 0 Å². The van der Waals surface area contributed by atoms with Crippen LogP contribution < -0.4 is 0 Å². The first-order valence-corrected chi connectivity index (χ1v) is 5.09. The number of pyridine rings is 1. The van der Waals surface area contributed by atoms with Gasteiger partial charge in [-0.1, -0.05) is 13.8 Å². The van der Waals surface area contributed by atoms with Crippen LogP contribution in [0.25, 0.3) is 0 Å². The van der Waals surface area contributed by atoms with Crippen LogP contribution in [0, 0.1) is 5.92 Å². The van der Waals surface area contributed by atoms with Crippen molar-refractivity contribution in [2.45, 2.75) is 26.4 Å². The van der Waals surface area contributed by atoms with Gasteiger partial charge in [0, 0.05) is 25.9 Å². The number of ketones is 1. The third kappa shape index (κ3) is 3.44. The molecule has 15 heavy (non-hydrogen) atoms. The van der Waals surface area contributed by atoms with Crippen molar-refractivity contribution in [1.29, 1.82) is 0 Å². The molecule has 0 aliphatic heterocycles. The average molecular weight is 207 g/mol. The van der Waals surface area contributed by atoms with E-state index in [2.05, 4.69) is 4.98 Å². The van der Waals surface area contributed by atoms with Crippen molar-refractivity contribution < 1.29 is 9.53 Å². The van der Waals surface area contributed by atoms with E-state index in [1.807, 2.05) is 26.0 Å². The van der Waals surface area contributed by atoms with Crippen LogP contribution in [0.15, 0.2) is 24.5 Å². The smallest absolute Gasteiger partial charge is 0.166 e.